The molecule has 0 bridgehead atoms. The first-order chi connectivity index (χ1) is 14.5. The van der Waals surface area contributed by atoms with E-state index in [1.165, 1.54) is 7.11 Å². The van der Waals surface area contributed by atoms with Gasteiger partial charge < -0.3 is 20.1 Å². The van der Waals surface area contributed by atoms with E-state index >= 15 is 0 Å². The Bertz CT molecular complexity index is 719. The standard InChI is InChI=1S/C21H33F2N3O3S/c1-4-24-21(26-16-7-6-8-17(14-16)30(27)5-2)25-12-11-15-9-10-18(28-3)19(13-15)29-20(22)23/h9-10,13,16-17,20H,4-8,11-12,14H2,1-3H3,(H2,24,25,26). The molecule has 3 atom stereocenters. The van der Waals surface area contributed by atoms with Gasteiger partial charge in [0.15, 0.2) is 17.5 Å². The van der Waals surface area contributed by atoms with Crippen molar-refractivity contribution in [2.45, 2.75) is 63.9 Å². The van der Waals surface area contributed by atoms with Crippen LogP contribution in [0.25, 0.3) is 0 Å². The normalized spacial score (nSPS) is 20.7. The number of hydrogen-bond donors (Lipinski definition) is 2. The van der Waals surface area contributed by atoms with Crippen LogP contribution in [-0.2, 0) is 17.2 Å². The summed E-state index contributed by atoms with van der Waals surface area (Å²) < 4.78 is 47.0. The van der Waals surface area contributed by atoms with Crippen molar-refractivity contribution in [1.82, 2.24) is 10.6 Å². The number of guanidine groups is 1. The van der Waals surface area contributed by atoms with E-state index in [4.69, 9.17) is 4.74 Å². The number of aliphatic imine (C=N–C) groups is 1. The van der Waals surface area contributed by atoms with E-state index in [1.54, 1.807) is 12.1 Å². The van der Waals surface area contributed by atoms with Crippen LogP contribution in [0.1, 0.15) is 45.1 Å². The Labute approximate surface area is 180 Å². The highest BCUT2D eigenvalue weighted by atomic mass is 32.2. The predicted octanol–water partition coefficient (Wildman–Crippen LogP) is 3.47. The van der Waals surface area contributed by atoms with Gasteiger partial charge in [-0.25, -0.2) is 0 Å². The first kappa shape index (κ1) is 24.4. The number of nitrogens with one attached hydrogen (secondary N) is 2. The highest BCUT2D eigenvalue weighted by Gasteiger charge is 2.26. The molecule has 1 saturated carbocycles. The topological polar surface area (TPSA) is 72.0 Å². The lowest BCUT2D eigenvalue weighted by atomic mass is 9.95. The van der Waals surface area contributed by atoms with E-state index in [9.17, 15) is 13.0 Å². The van der Waals surface area contributed by atoms with Gasteiger partial charge in [0.1, 0.15) is 0 Å². The molecule has 0 heterocycles. The Hall–Kier alpha value is -1.90. The van der Waals surface area contributed by atoms with Gasteiger partial charge in [-0.15, -0.1) is 0 Å². The van der Waals surface area contributed by atoms with E-state index in [0.717, 1.165) is 43.8 Å². The SMILES string of the molecule is CCNC(=NCCc1ccc(OC)c(OC(F)F)c1)NC1CCCC(S(=O)CC)C1. The van der Waals surface area contributed by atoms with Crippen molar-refractivity contribution >= 4 is 16.8 Å². The Kier molecular flexibility index (Phi) is 10.3. The van der Waals surface area contributed by atoms with Crippen molar-refractivity contribution in [1.29, 1.82) is 0 Å². The molecule has 2 rings (SSSR count). The largest absolute Gasteiger partial charge is 0.493 e. The summed E-state index contributed by atoms with van der Waals surface area (Å²) in [7, 11) is 0.646. The molecule has 0 aliphatic heterocycles. The zero-order valence-electron chi connectivity index (χ0n) is 18.0. The van der Waals surface area contributed by atoms with Gasteiger partial charge >= 0.3 is 6.61 Å². The molecule has 1 aromatic rings. The van der Waals surface area contributed by atoms with Crippen molar-refractivity contribution in [3.63, 3.8) is 0 Å². The van der Waals surface area contributed by atoms with Gasteiger partial charge in [-0.1, -0.05) is 19.4 Å². The van der Waals surface area contributed by atoms with Gasteiger partial charge in [0.2, 0.25) is 0 Å². The molecule has 0 amide bonds. The third kappa shape index (κ3) is 7.74. The van der Waals surface area contributed by atoms with Crippen LogP contribution in [-0.4, -0.2) is 54.0 Å². The third-order valence-electron chi connectivity index (χ3n) is 5.08. The van der Waals surface area contributed by atoms with Gasteiger partial charge in [0, 0.05) is 40.9 Å². The fraction of sp³-hybridized carbons (Fsp3) is 0.667. The zero-order chi connectivity index (χ0) is 21.9. The number of rotatable bonds is 10. The average Bonchev–Trinajstić information content (AvgIpc) is 2.73. The molecule has 1 fully saturated rings. The molecule has 9 heteroatoms. The first-order valence-corrected chi connectivity index (χ1v) is 11.9. The van der Waals surface area contributed by atoms with Crippen LogP contribution in [0, 0.1) is 0 Å². The summed E-state index contributed by atoms with van der Waals surface area (Å²) in [5, 5.41) is 6.96. The van der Waals surface area contributed by atoms with Crippen molar-refractivity contribution in [3.05, 3.63) is 23.8 Å². The van der Waals surface area contributed by atoms with Crippen molar-refractivity contribution in [2.24, 2.45) is 4.99 Å². The second-order valence-corrected chi connectivity index (χ2v) is 9.18. The van der Waals surface area contributed by atoms with E-state index in [1.807, 2.05) is 19.9 Å². The van der Waals surface area contributed by atoms with Gasteiger partial charge in [-0.05, 0) is 50.3 Å². The fourth-order valence-corrected chi connectivity index (χ4v) is 4.97. The third-order valence-corrected chi connectivity index (χ3v) is 6.82. The van der Waals surface area contributed by atoms with E-state index in [-0.39, 0.29) is 22.8 Å². The number of benzene rings is 1. The molecule has 0 spiro atoms. The number of ether oxygens (including phenoxy) is 2. The lowest BCUT2D eigenvalue weighted by Gasteiger charge is -2.30. The molecule has 2 N–H and O–H groups in total. The van der Waals surface area contributed by atoms with Crippen LogP contribution < -0.4 is 20.1 Å². The summed E-state index contributed by atoms with van der Waals surface area (Å²) in [4.78, 5) is 4.62. The number of nitrogens with zero attached hydrogens (tertiary/aromatic N) is 1. The fourth-order valence-electron chi connectivity index (χ4n) is 3.63. The number of hydrogen-bond acceptors (Lipinski definition) is 4. The Balaban J connectivity index is 1.97. The van der Waals surface area contributed by atoms with Gasteiger partial charge in [0.25, 0.3) is 0 Å². The molecule has 0 radical (unpaired) electrons. The smallest absolute Gasteiger partial charge is 0.387 e. The minimum atomic E-state index is -2.90. The molecule has 1 aromatic carbocycles. The predicted molar refractivity (Wildman–Crippen MR) is 117 cm³/mol. The summed E-state index contributed by atoms with van der Waals surface area (Å²) in [6.45, 7) is 2.29. The molecular formula is C21H33F2N3O3S. The summed E-state index contributed by atoms with van der Waals surface area (Å²) in [5.74, 6) is 1.72. The monoisotopic (exact) mass is 445 g/mol. The summed E-state index contributed by atoms with van der Waals surface area (Å²) in [6, 6.07) is 5.26. The molecular weight excluding hydrogens is 412 g/mol. The lowest BCUT2D eigenvalue weighted by Crippen LogP contribution is -2.46. The summed E-state index contributed by atoms with van der Waals surface area (Å²) in [6.07, 6.45) is 4.58. The Morgan fingerprint density at radius 2 is 2.10 bits per heavy atom. The minimum Gasteiger partial charge on any atom is -0.493 e. The van der Waals surface area contributed by atoms with Gasteiger partial charge in [0.05, 0.1) is 7.11 Å². The van der Waals surface area contributed by atoms with Crippen LogP contribution in [0.2, 0.25) is 0 Å². The highest BCUT2D eigenvalue weighted by Crippen LogP contribution is 2.29. The number of halogens is 2. The van der Waals surface area contributed by atoms with Crippen LogP contribution in [0.15, 0.2) is 23.2 Å². The summed E-state index contributed by atoms with van der Waals surface area (Å²) >= 11 is 0. The van der Waals surface area contributed by atoms with Crippen LogP contribution in [0.5, 0.6) is 11.5 Å². The number of alkyl halides is 2. The Morgan fingerprint density at radius 1 is 1.30 bits per heavy atom. The van der Waals surface area contributed by atoms with Crippen molar-refractivity contribution < 1.29 is 22.5 Å². The van der Waals surface area contributed by atoms with Gasteiger partial charge in [-0.3, -0.25) is 9.20 Å². The van der Waals surface area contributed by atoms with Crippen LogP contribution in [0.4, 0.5) is 8.78 Å². The molecule has 1 aliphatic rings. The van der Waals surface area contributed by atoms with Crippen LogP contribution in [0.3, 0.4) is 0 Å². The van der Waals surface area contributed by atoms with Crippen LogP contribution >= 0.6 is 0 Å². The maximum atomic E-state index is 12.6. The minimum absolute atomic E-state index is 0.0242. The molecule has 6 nitrogen and oxygen atoms in total. The second kappa shape index (κ2) is 12.7. The molecule has 1 aliphatic carbocycles. The van der Waals surface area contributed by atoms with E-state index in [2.05, 4.69) is 20.4 Å². The van der Waals surface area contributed by atoms with Crippen molar-refractivity contribution in [3.8, 4) is 11.5 Å². The quantitative estimate of drug-likeness (QED) is 0.426. The average molecular weight is 446 g/mol. The first-order valence-electron chi connectivity index (χ1n) is 10.5. The maximum absolute atomic E-state index is 12.6. The lowest BCUT2D eigenvalue weighted by molar-refractivity contribution is -0.0512. The molecule has 3 unspecified atom stereocenters. The Morgan fingerprint density at radius 3 is 2.77 bits per heavy atom. The molecule has 170 valence electrons. The maximum Gasteiger partial charge on any atom is 0.387 e. The molecule has 0 saturated heterocycles. The molecule has 0 aromatic heterocycles. The van der Waals surface area contributed by atoms with E-state index < -0.39 is 17.4 Å². The zero-order valence-corrected chi connectivity index (χ0v) is 18.8. The summed E-state index contributed by atoms with van der Waals surface area (Å²) in [5.41, 5.74) is 0.835. The molecule has 30 heavy (non-hydrogen) atoms. The second-order valence-electron chi connectivity index (χ2n) is 7.17. The highest BCUT2D eigenvalue weighted by molar-refractivity contribution is 7.85. The van der Waals surface area contributed by atoms with Gasteiger partial charge in [-0.2, -0.15) is 8.78 Å². The number of methoxy groups -OCH3 is 1. The van der Waals surface area contributed by atoms with Crippen molar-refractivity contribution in [2.75, 3.05) is 26.0 Å². The van der Waals surface area contributed by atoms with E-state index in [0.29, 0.717) is 18.7 Å².